The van der Waals surface area contributed by atoms with E-state index in [9.17, 15) is 22.8 Å². The second-order valence-electron chi connectivity index (χ2n) is 2.79. The van der Waals surface area contributed by atoms with Crippen molar-refractivity contribution in [1.29, 1.82) is 0 Å². The van der Waals surface area contributed by atoms with Crippen molar-refractivity contribution in [2.24, 2.45) is 0 Å². The highest BCUT2D eigenvalue weighted by Gasteiger charge is 2.16. The van der Waals surface area contributed by atoms with Gasteiger partial charge in [-0.2, -0.15) is 8.78 Å². The summed E-state index contributed by atoms with van der Waals surface area (Å²) in [6.07, 6.45) is -3.22. The number of carbonyl (C=O) groups excluding carboxylic acids is 1. The number of rotatable bonds is 3. The van der Waals surface area contributed by atoms with Gasteiger partial charge in [-0.3, -0.25) is 4.79 Å². The Morgan fingerprint density at radius 2 is 1.94 bits per heavy atom. The summed E-state index contributed by atoms with van der Waals surface area (Å²) >= 11 is 0. The summed E-state index contributed by atoms with van der Waals surface area (Å²) in [6, 6.07) is 2.55. The first-order chi connectivity index (χ1) is 7.41. The van der Waals surface area contributed by atoms with Crippen molar-refractivity contribution in [3.8, 4) is 0 Å². The van der Waals surface area contributed by atoms with E-state index in [1.807, 2.05) is 0 Å². The fraction of sp³-hybridized carbons (Fsp3) is 0.111. The molecule has 1 rings (SSSR count). The Kier molecular flexibility index (Phi) is 3.49. The molecule has 0 saturated carbocycles. The number of nitrogens with one attached hydrogen (secondary N) is 1. The number of carboxylic acid groups (broad SMARTS) is 1. The van der Waals surface area contributed by atoms with Crippen molar-refractivity contribution in [3.05, 3.63) is 29.6 Å². The van der Waals surface area contributed by atoms with Crippen molar-refractivity contribution in [1.82, 2.24) is 0 Å². The maximum Gasteiger partial charge on any atom is 0.338 e. The first-order valence-corrected chi connectivity index (χ1v) is 4.03. The number of alkyl halides is 2. The highest BCUT2D eigenvalue weighted by atomic mass is 19.3. The molecule has 0 aliphatic carbocycles. The van der Waals surface area contributed by atoms with E-state index in [1.54, 1.807) is 5.32 Å². The zero-order valence-corrected chi connectivity index (χ0v) is 7.71. The van der Waals surface area contributed by atoms with Crippen LogP contribution < -0.4 is 5.32 Å². The minimum Gasteiger partial charge on any atom is -0.478 e. The molecule has 4 nitrogen and oxygen atoms in total. The number of benzene rings is 1. The molecule has 2 N–H and O–H groups in total. The van der Waals surface area contributed by atoms with Crippen molar-refractivity contribution >= 4 is 17.6 Å². The van der Waals surface area contributed by atoms with Crippen LogP contribution in [0.4, 0.5) is 18.9 Å². The van der Waals surface area contributed by atoms with Crippen LogP contribution in [0.1, 0.15) is 10.4 Å². The van der Waals surface area contributed by atoms with Gasteiger partial charge in [-0.05, 0) is 18.2 Å². The topological polar surface area (TPSA) is 66.4 Å². The van der Waals surface area contributed by atoms with Crippen LogP contribution in [-0.2, 0) is 4.79 Å². The van der Waals surface area contributed by atoms with Crippen LogP contribution in [0.25, 0.3) is 0 Å². The predicted molar refractivity (Wildman–Crippen MR) is 48.0 cm³/mol. The number of halogens is 3. The molecule has 1 aromatic rings. The summed E-state index contributed by atoms with van der Waals surface area (Å²) < 4.78 is 36.7. The van der Waals surface area contributed by atoms with Gasteiger partial charge in [0.1, 0.15) is 5.82 Å². The fourth-order valence-electron chi connectivity index (χ4n) is 0.963. The Hall–Kier alpha value is -2.05. The van der Waals surface area contributed by atoms with Crippen LogP contribution in [0.15, 0.2) is 18.2 Å². The third-order valence-corrected chi connectivity index (χ3v) is 1.67. The van der Waals surface area contributed by atoms with Gasteiger partial charge < -0.3 is 10.4 Å². The molecule has 86 valence electrons. The van der Waals surface area contributed by atoms with Gasteiger partial charge in [0.2, 0.25) is 0 Å². The van der Waals surface area contributed by atoms with E-state index in [-0.39, 0.29) is 5.69 Å². The lowest BCUT2D eigenvalue weighted by molar-refractivity contribution is -0.126. The zero-order valence-electron chi connectivity index (χ0n) is 7.71. The van der Waals surface area contributed by atoms with E-state index >= 15 is 0 Å². The lowest BCUT2D eigenvalue weighted by Crippen LogP contribution is -2.20. The molecule has 0 atom stereocenters. The Bertz CT molecular complexity index is 434. The SMILES string of the molecule is O=C(O)c1ccc(NC(=O)C(F)F)cc1F. The number of anilines is 1. The summed E-state index contributed by atoms with van der Waals surface area (Å²) in [7, 11) is 0. The van der Waals surface area contributed by atoms with Crippen LogP contribution in [0.5, 0.6) is 0 Å². The van der Waals surface area contributed by atoms with E-state index in [2.05, 4.69) is 0 Å². The number of carboxylic acids is 1. The van der Waals surface area contributed by atoms with Gasteiger partial charge >= 0.3 is 12.4 Å². The Morgan fingerprint density at radius 3 is 2.38 bits per heavy atom. The third-order valence-electron chi connectivity index (χ3n) is 1.67. The smallest absolute Gasteiger partial charge is 0.338 e. The van der Waals surface area contributed by atoms with Gasteiger partial charge in [0.25, 0.3) is 5.91 Å². The second kappa shape index (κ2) is 4.65. The summed E-state index contributed by atoms with van der Waals surface area (Å²) in [6.45, 7) is 0. The van der Waals surface area contributed by atoms with Gasteiger partial charge in [0.05, 0.1) is 5.56 Å². The normalized spacial score (nSPS) is 10.2. The number of hydrogen-bond donors (Lipinski definition) is 2. The predicted octanol–water partition coefficient (Wildman–Crippen LogP) is 1.73. The van der Waals surface area contributed by atoms with Crippen LogP contribution in [0.3, 0.4) is 0 Å². The molecular formula is C9H6F3NO3. The maximum atomic E-state index is 13.0. The Morgan fingerprint density at radius 1 is 1.31 bits per heavy atom. The van der Waals surface area contributed by atoms with Gasteiger partial charge in [0, 0.05) is 5.69 Å². The zero-order chi connectivity index (χ0) is 12.3. The molecule has 0 spiro atoms. The van der Waals surface area contributed by atoms with Crippen LogP contribution >= 0.6 is 0 Å². The van der Waals surface area contributed by atoms with Gasteiger partial charge in [-0.1, -0.05) is 0 Å². The van der Waals surface area contributed by atoms with E-state index in [4.69, 9.17) is 5.11 Å². The highest BCUT2D eigenvalue weighted by molar-refractivity contribution is 5.94. The van der Waals surface area contributed by atoms with Crippen LogP contribution in [-0.4, -0.2) is 23.4 Å². The molecule has 0 aliphatic rings. The summed E-state index contributed by atoms with van der Waals surface area (Å²) in [5, 5.41) is 10.2. The fourth-order valence-corrected chi connectivity index (χ4v) is 0.963. The molecule has 0 unspecified atom stereocenters. The molecule has 0 aromatic heterocycles. The van der Waals surface area contributed by atoms with Crippen molar-refractivity contribution in [2.75, 3.05) is 5.32 Å². The molecule has 0 heterocycles. The number of carbonyl (C=O) groups is 2. The average molecular weight is 233 g/mol. The highest BCUT2D eigenvalue weighted by Crippen LogP contribution is 2.15. The quantitative estimate of drug-likeness (QED) is 0.835. The molecule has 0 aliphatic heterocycles. The standard InChI is InChI=1S/C9H6F3NO3/c10-6-3-4(13-8(14)7(11)12)1-2-5(6)9(15)16/h1-3,7H,(H,13,14)(H,15,16). The third kappa shape index (κ3) is 2.72. The van der Waals surface area contributed by atoms with E-state index in [0.29, 0.717) is 6.07 Å². The van der Waals surface area contributed by atoms with Crippen molar-refractivity contribution in [3.63, 3.8) is 0 Å². The number of aromatic carboxylic acids is 1. The van der Waals surface area contributed by atoms with Gasteiger partial charge in [-0.15, -0.1) is 0 Å². The minimum atomic E-state index is -3.22. The number of hydrogen-bond acceptors (Lipinski definition) is 2. The minimum absolute atomic E-state index is 0.229. The Balaban J connectivity index is 2.90. The molecule has 0 fully saturated rings. The summed E-state index contributed by atoms with van der Waals surface area (Å²) in [4.78, 5) is 21.0. The van der Waals surface area contributed by atoms with E-state index < -0.39 is 29.7 Å². The van der Waals surface area contributed by atoms with Crippen molar-refractivity contribution < 1.29 is 27.9 Å². The molecule has 0 saturated heterocycles. The molecule has 16 heavy (non-hydrogen) atoms. The first-order valence-electron chi connectivity index (χ1n) is 4.03. The molecule has 0 bridgehead atoms. The molecule has 1 amide bonds. The van der Waals surface area contributed by atoms with Crippen LogP contribution in [0, 0.1) is 5.82 Å². The monoisotopic (exact) mass is 233 g/mol. The summed E-state index contributed by atoms with van der Waals surface area (Å²) in [5.74, 6) is -4.17. The average Bonchev–Trinajstić information content (AvgIpc) is 2.16. The first kappa shape index (κ1) is 12.0. The van der Waals surface area contributed by atoms with Gasteiger partial charge in [-0.25, -0.2) is 9.18 Å². The van der Waals surface area contributed by atoms with Gasteiger partial charge in [0.15, 0.2) is 0 Å². The lowest BCUT2D eigenvalue weighted by atomic mass is 10.2. The second-order valence-corrected chi connectivity index (χ2v) is 2.79. The van der Waals surface area contributed by atoms with Crippen LogP contribution in [0.2, 0.25) is 0 Å². The van der Waals surface area contributed by atoms with E-state index in [0.717, 1.165) is 12.1 Å². The summed E-state index contributed by atoms with van der Waals surface area (Å²) in [5.41, 5.74) is -0.831. The molecule has 0 radical (unpaired) electrons. The molecule has 1 aromatic carbocycles. The lowest BCUT2D eigenvalue weighted by Gasteiger charge is -2.05. The van der Waals surface area contributed by atoms with E-state index in [1.165, 1.54) is 0 Å². The Labute approximate surface area is 87.7 Å². The molecule has 7 heteroatoms. The largest absolute Gasteiger partial charge is 0.478 e. The molecular weight excluding hydrogens is 227 g/mol. The number of amides is 1. The maximum absolute atomic E-state index is 13.0. The van der Waals surface area contributed by atoms with Crippen molar-refractivity contribution in [2.45, 2.75) is 6.43 Å².